The zero-order valence-electron chi connectivity index (χ0n) is 11.2. The molecule has 7 heteroatoms. The number of hydrogen-bond acceptors (Lipinski definition) is 5. The third-order valence-corrected chi connectivity index (χ3v) is 3.19. The highest BCUT2D eigenvalue weighted by Gasteiger charge is 2.28. The van der Waals surface area contributed by atoms with Gasteiger partial charge in [-0.15, -0.1) is 0 Å². The Morgan fingerprint density at radius 2 is 2.00 bits per heavy atom. The van der Waals surface area contributed by atoms with E-state index in [0.717, 1.165) is 12.8 Å². The van der Waals surface area contributed by atoms with Crippen molar-refractivity contribution < 1.29 is 19.4 Å². The molecule has 1 saturated heterocycles. The summed E-state index contributed by atoms with van der Waals surface area (Å²) in [4.78, 5) is 23.5. The van der Waals surface area contributed by atoms with Gasteiger partial charge in [0.25, 0.3) is 0 Å². The molecule has 1 aromatic rings. The van der Waals surface area contributed by atoms with Gasteiger partial charge in [-0.1, -0.05) is 0 Å². The summed E-state index contributed by atoms with van der Waals surface area (Å²) < 4.78 is 4.69. The summed E-state index contributed by atoms with van der Waals surface area (Å²) >= 11 is 0. The Morgan fingerprint density at radius 1 is 1.35 bits per heavy atom. The van der Waals surface area contributed by atoms with Gasteiger partial charge >= 0.3 is 12.0 Å². The van der Waals surface area contributed by atoms with E-state index in [9.17, 15) is 14.7 Å². The highest BCUT2D eigenvalue weighted by Crippen LogP contribution is 2.29. The maximum atomic E-state index is 11.8. The number of benzene rings is 1. The first-order valence-electron chi connectivity index (χ1n) is 6.30. The Morgan fingerprint density at radius 3 is 2.55 bits per heavy atom. The normalized spacial score (nSPS) is 15.1. The molecule has 1 heterocycles. The van der Waals surface area contributed by atoms with Crippen LogP contribution < -0.4 is 10.7 Å². The lowest BCUT2D eigenvalue weighted by Gasteiger charge is -2.31. The minimum absolute atomic E-state index is 0.0573. The molecule has 108 valence electrons. The molecule has 0 bridgehead atoms. The van der Waals surface area contributed by atoms with Crippen LogP contribution in [-0.4, -0.2) is 42.3 Å². The Labute approximate surface area is 116 Å². The fourth-order valence-corrected chi connectivity index (χ4v) is 2.29. The molecular weight excluding hydrogens is 262 g/mol. The predicted octanol–water partition coefficient (Wildman–Crippen LogP) is 1.07. The standard InChI is InChI=1S/C13H17N3O4/c1-20-12(18)10-5-4-9(17)8-11(10)16(13(14)19)15-6-2-3-7-15/h4-5,8,17H,2-3,6-7H2,1H3,(H2,14,19). The molecule has 1 aliphatic heterocycles. The number of hydrogen-bond donors (Lipinski definition) is 2. The zero-order valence-corrected chi connectivity index (χ0v) is 11.2. The van der Waals surface area contributed by atoms with Gasteiger partial charge in [0.1, 0.15) is 5.75 Å². The van der Waals surface area contributed by atoms with Crippen LogP contribution in [0.1, 0.15) is 23.2 Å². The van der Waals surface area contributed by atoms with Crippen LogP contribution in [0, 0.1) is 0 Å². The number of aromatic hydroxyl groups is 1. The van der Waals surface area contributed by atoms with E-state index in [4.69, 9.17) is 10.5 Å². The van der Waals surface area contributed by atoms with E-state index in [1.165, 1.54) is 30.3 Å². The van der Waals surface area contributed by atoms with Crippen LogP contribution in [-0.2, 0) is 4.74 Å². The number of primary amides is 1. The number of anilines is 1. The number of phenolic OH excluding ortho intramolecular Hbond substituents is 1. The Bertz CT molecular complexity index is 526. The van der Waals surface area contributed by atoms with Crippen LogP contribution in [0.2, 0.25) is 0 Å². The third kappa shape index (κ3) is 2.67. The summed E-state index contributed by atoms with van der Waals surface area (Å²) in [6.45, 7) is 1.33. The summed E-state index contributed by atoms with van der Waals surface area (Å²) in [5.74, 6) is -0.649. The first-order valence-corrected chi connectivity index (χ1v) is 6.30. The van der Waals surface area contributed by atoms with Crippen molar-refractivity contribution in [1.29, 1.82) is 0 Å². The van der Waals surface area contributed by atoms with Crippen molar-refractivity contribution in [1.82, 2.24) is 5.01 Å². The number of carbonyl (C=O) groups excluding carboxylic acids is 2. The molecule has 2 rings (SSSR count). The molecular formula is C13H17N3O4. The lowest BCUT2D eigenvalue weighted by molar-refractivity contribution is 0.0601. The Hall–Kier alpha value is -2.28. The van der Waals surface area contributed by atoms with Crippen molar-refractivity contribution in [2.45, 2.75) is 12.8 Å². The van der Waals surface area contributed by atoms with Crippen molar-refractivity contribution in [3.05, 3.63) is 23.8 Å². The molecule has 1 aromatic carbocycles. The second-order valence-corrected chi connectivity index (χ2v) is 4.50. The third-order valence-electron chi connectivity index (χ3n) is 3.19. The minimum atomic E-state index is -0.706. The van der Waals surface area contributed by atoms with Crippen molar-refractivity contribution >= 4 is 17.7 Å². The predicted molar refractivity (Wildman–Crippen MR) is 72.3 cm³/mol. The summed E-state index contributed by atoms with van der Waals surface area (Å²) in [7, 11) is 1.25. The number of urea groups is 1. The van der Waals surface area contributed by atoms with E-state index in [0.29, 0.717) is 13.1 Å². The molecule has 0 spiro atoms. The zero-order chi connectivity index (χ0) is 14.7. The first-order chi connectivity index (χ1) is 9.54. The molecule has 0 radical (unpaired) electrons. The quantitative estimate of drug-likeness (QED) is 0.807. The lowest BCUT2D eigenvalue weighted by Crippen LogP contribution is -2.48. The largest absolute Gasteiger partial charge is 0.508 e. The summed E-state index contributed by atoms with van der Waals surface area (Å²) in [5, 5.41) is 12.6. The average Bonchev–Trinajstić information content (AvgIpc) is 2.91. The number of nitrogens with zero attached hydrogens (tertiary/aromatic N) is 2. The van der Waals surface area contributed by atoms with E-state index in [2.05, 4.69) is 0 Å². The molecule has 0 atom stereocenters. The molecule has 1 fully saturated rings. The number of amides is 2. The van der Waals surface area contributed by atoms with Crippen LogP contribution in [0.5, 0.6) is 5.75 Å². The van der Waals surface area contributed by atoms with Crippen molar-refractivity contribution in [3.8, 4) is 5.75 Å². The maximum absolute atomic E-state index is 11.8. The van der Waals surface area contributed by atoms with Gasteiger partial charge in [-0.25, -0.2) is 19.6 Å². The molecule has 2 amide bonds. The fraction of sp³-hybridized carbons (Fsp3) is 0.385. The number of ether oxygens (including phenoxy) is 1. The highest BCUT2D eigenvalue weighted by molar-refractivity contribution is 6.01. The van der Waals surface area contributed by atoms with Gasteiger partial charge in [-0.2, -0.15) is 0 Å². The van der Waals surface area contributed by atoms with E-state index in [1.54, 1.807) is 5.01 Å². The number of hydrazine groups is 1. The van der Waals surface area contributed by atoms with Crippen LogP contribution in [0.25, 0.3) is 0 Å². The van der Waals surface area contributed by atoms with Gasteiger partial charge in [0.2, 0.25) is 0 Å². The van der Waals surface area contributed by atoms with Crippen LogP contribution in [0.3, 0.4) is 0 Å². The Kier molecular flexibility index (Phi) is 4.09. The van der Waals surface area contributed by atoms with Crippen LogP contribution in [0.4, 0.5) is 10.5 Å². The van der Waals surface area contributed by atoms with Crippen LogP contribution >= 0.6 is 0 Å². The van der Waals surface area contributed by atoms with Crippen molar-refractivity contribution in [3.63, 3.8) is 0 Å². The maximum Gasteiger partial charge on any atom is 0.340 e. The monoisotopic (exact) mass is 279 g/mol. The summed E-state index contributed by atoms with van der Waals surface area (Å²) in [6, 6.07) is 3.39. The van der Waals surface area contributed by atoms with Crippen molar-refractivity contribution in [2.75, 3.05) is 25.2 Å². The van der Waals surface area contributed by atoms with Crippen LogP contribution in [0.15, 0.2) is 18.2 Å². The van der Waals surface area contributed by atoms with E-state index in [1.807, 2.05) is 0 Å². The fourth-order valence-electron chi connectivity index (χ4n) is 2.29. The SMILES string of the molecule is COC(=O)c1ccc(O)cc1N(C(N)=O)N1CCCC1. The number of phenols is 1. The lowest BCUT2D eigenvalue weighted by atomic mass is 10.1. The minimum Gasteiger partial charge on any atom is -0.508 e. The molecule has 1 aliphatic rings. The Balaban J connectivity index is 2.48. The van der Waals surface area contributed by atoms with Gasteiger partial charge in [-0.05, 0) is 25.0 Å². The molecule has 0 unspecified atom stereocenters. The van der Waals surface area contributed by atoms with Gasteiger partial charge in [-0.3, -0.25) is 0 Å². The van der Waals surface area contributed by atoms with Crippen molar-refractivity contribution in [2.24, 2.45) is 5.73 Å². The molecule has 0 aliphatic carbocycles. The number of methoxy groups -OCH3 is 1. The number of rotatable bonds is 3. The molecule has 7 nitrogen and oxygen atoms in total. The number of carbonyl (C=O) groups is 2. The summed E-state index contributed by atoms with van der Waals surface area (Å²) in [6.07, 6.45) is 1.88. The molecule has 0 aromatic heterocycles. The van der Waals surface area contributed by atoms with Gasteiger partial charge in [0, 0.05) is 19.2 Å². The topological polar surface area (TPSA) is 96.1 Å². The van der Waals surface area contributed by atoms with E-state index in [-0.39, 0.29) is 17.0 Å². The van der Waals surface area contributed by atoms with E-state index < -0.39 is 12.0 Å². The molecule has 3 N–H and O–H groups in total. The smallest absolute Gasteiger partial charge is 0.340 e. The van der Waals surface area contributed by atoms with E-state index >= 15 is 0 Å². The second kappa shape index (κ2) is 5.79. The average molecular weight is 279 g/mol. The molecule has 20 heavy (non-hydrogen) atoms. The number of nitrogens with two attached hydrogens (primary N) is 1. The van der Waals surface area contributed by atoms with Gasteiger partial charge in [0.05, 0.1) is 18.4 Å². The summed E-state index contributed by atoms with van der Waals surface area (Å²) in [5.41, 5.74) is 5.83. The van der Waals surface area contributed by atoms with Gasteiger partial charge < -0.3 is 15.6 Å². The number of esters is 1. The second-order valence-electron chi connectivity index (χ2n) is 4.50. The van der Waals surface area contributed by atoms with Gasteiger partial charge in [0.15, 0.2) is 0 Å². The molecule has 0 saturated carbocycles. The first kappa shape index (κ1) is 14.1. The highest BCUT2D eigenvalue weighted by atomic mass is 16.5.